The molecular formula is C15H26N2OSi. The first kappa shape index (κ1) is 14.4. The van der Waals surface area contributed by atoms with Gasteiger partial charge in [-0.15, -0.1) is 0 Å². The molecule has 0 amide bonds. The molecule has 0 unspecified atom stereocenters. The Bertz CT molecular complexity index is 409. The SMILES string of the molecule is C[Si](C)(C)CNc1ccccc1N1CCC(O)CC1. The Labute approximate surface area is 117 Å². The van der Waals surface area contributed by atoms with Gasteiger partial charge in [0, 0.05) is 19.3 Å². The van der Waals surface area contributed by atoms with Crippen molar-refractivity contribution in [1.29, 1.82) is 0 Å². The minimum Gasteiger partial charge on any atom is -0.393 e. The summed E-state index contributed by atoms with van der Waals surface area (Å²) >= 11 is 0. The zero-order chi connectivity index (χ0) is 13.9. The molecule has 2 rings (SSSR count). The highest BCUT2D eigenvalue weighted by atomic mass is 28.3. The number of rotatable bonds is 4. The van der Waals surface area contributed by atoms with E-state index in [4.69, 9.17) is 0 Å². The van der Waals surface area contributed by atoms with Gasteiger partial charge in [0.05, 0.1) is 25.6 Å². The lowest BCUT2D eigenvalue weighted by atomic mass is 10.1. The number of aliphatic hydroxyl groups is 1. The number of piperidine rings is 1. The van der Waals surface area contributed by atoms with Crippen molar-refractivity contribution in [2.24, 2.45) is 0 Å². The number of hydrogen-bond donors (Lipinski definition) is 2. The number of nitrogens with one attached hydrogen (secondary N) is 1. The van der Waals surface area contributed by atoms with Gasteiger partial charge in [-0.05, 0) is 25.0 Å². The average Bonchev–Trinajstić information content (AvgIpc) is 2.37. The molecule has 1 aliphatic rings. The number of nitrogens with zero attached hydrogens (tertiary/aromatic N) is 1. The van der Waals surface area contributed by atoms with Crippen LogP contribution in [0.1, 0.15) is 12.8 Å². The van der Waals surface area contributed by atoms with Crippen LogP contribution in [0, 0.1) is 0 Å². The fourth-order valence-corrected chi connectivity index (χ4v) is 3.09. The van der Waals surface area contributed by atoms with Crippen molar-refractivity contribution in [3.8, 4) is 0 Å². The second-order valence-electron chi connectivity index (χ2n) is 6.65. The molecule has 0 atom stereocenters. The van der Waals surface area contributed by atoms with E-state index in [1.165, 1.54) is 11.4 Å². The van der Waals surface area contributed by atoms with Gasteiger partial charge in [-0.25, -0.2) is 0 Å². The fraction of sp³-hybridized carbons (Fsp3) is 0.600. The molecule has 2 N–H and O–H groups in total. The number of aliphatic hydroxyl groups excluding tert-OH is 1. The lowest BCUT2D eigenvalue weighted by Gasteiger charge is -2.33. The molecule has 1 saturated heterocycles. The third-order valence-electron chi connectivity index (χ3n) is 3.52. The Balaban J connectivity index is 2.08. The van der Waals surface area contributed by atoms with Gasteiger partial charge in [0.1, 0.15) is 0 Å². The van der Waals surface area contributed by atoms with Crippen LogP contribution < -0.4 is 10.2 Å². The van der Waals surface area contributed by atoms with E-state index in [2.05, 4.69) is 54.1 Å². The molecule has 19 heavy (non-hydrogen) atoms. The van der Waals surface area contributed by atoms with Gasteiger partial charge in [0.2, 0.25) is 0 Å². The van der Waals surface area contributed by atoms with Gasteiger partial charge in [-0.1, -0.05) is 31.8 Å². The zero-order valence-corrected chi connectivity index (χ0v) is 13.3. The van der Waals surface area contributed by atoms with Gasteiger partial charge in [0.15, 0.2) is 0 Å². The largest absolute Gasteiger partial charge is 0.393 e. The van der Waals surface area contributed by atoms with Crippen molar-refractivity contribution in [3.63, 3.8) is 0 Å². The molecule has 0 aromatic heterocycles. The molecule has 1 aromatic rings. The first-order valence-electron chi connectivity index (χ1n) is 7.22. The Morgan fingerprint density at radius 2 is 1.84 bits per heavy atom. The maximum atomic E-state index is 9.62. The van der Waals surface area contributed by atoms with Crippen LogP contribution in [0.3, 0.4) is 0 Å². The lowest BCUT2D eigenvalue weighted by Crippen LogP contribution is -2.37. The van der Waals surface area contributed by atoms with E-state index in [0.717, 1.165) is 32.1 Å². The predicted molar refractivity (Wildman–Crippen MR) is 85.7 cm³/mol. The van der Waals surface area contributed by atoms with Crippen molar-refractivity contribution in [3.05, 3.63) is 24.3 Å². The number of benzene rings is 1. The summed E-state index contributed by atoms with van der Waals surface area (Å²) in [6, 6.07) is 8.54. The van der Waals surface area contributed by atoms with Gasteiger partial charge < -0.3 is 15.3 Å². The molecule has 0 radical (unpaired) electrons. The van der Waals surface area contributed by atoms with Crippen molar-refractivity contribution >= 4 is 19.4 Å². The maximum absolute atomic E-state index is 9.62. The second kappa shape index (κ2) is 5.97. The summed E-state index contributed by atoms with van der Waals surface area (Å²) in [5.74, 6) is 0. The molecule has 0 aliphatic carbocycles. The van der Waals surface area contributed by atoms with E-state index in [1.54, 1.807) is 0 Å². The van der Waals surface area contributed by atoms with Crippen molar-refractivity contribution in [2.75, 3.05) is 29.5 Å². The third-order valence-corrected chi connectivity index (χ3v) is 4.76. The molecule has 0 spiro atoms. The molecule has 1 aliphatic heterocycles. The summed E-state index contributed by atoms with van der Waals surface area (Å²) in [4.78, 5) is 2.39. The molecule has 3 nitrogen and oxygen atoms in total. The highest BCUT2D eigenvalue weighted by Gasteiger charge is 2.20. The Hall–Kier alpha value is -1.00. The van der Waals surface area contributed by atoms with E-state index >= 15 is 0 Å². The topological polar surface area (TPSA) is 35.5 Å². The molecule has 106 valence electrons. The lowest BCUT2D eigenvalue weighted by molar-refractivity contribution is 0.145. The van der Waals surface area contributed by atoms with Crippen LogP contribution in [0.2, 0.25) is 19.6 Å². The molecule has 1 heterocycles. The summed E-state index contributed by atoms with van der Waals surface area (Å²) in [6.07, 6.45) is 2.74. The first-order valence-corrected chi connectivity index (χ1v) is 10.9. The van der Waals surface area contributed by atoms with Crippen LogP contribution in [0.4, 0.5) is 11.4 Å². The minimum absolute atomic E-state index is 0.113. The monoisotopic (exact) mass is 278 g/mol. The summed E-state index contributed by atoms with van der Waals surface area (Å²) in [5.41, 5.74) is 2.52. The highest BCUT2D eigenvalue weighted by molar-refractivity contribution is 6.76. The van der Waals surface area contributed by atoms with Crippen LogP contribution in [0.15, 0.2) is 24.3 Å². The van der Waals surface area contributed by atoms with Crippen LogP contribution in [-0.4, -0.2) is 38.5 Å². The molecule has 0 saturated carbocycles. The summed E-state index contributed by atoms with van der Waals surface area (Å²) in [5, 5.41) is 13.2. The number of anilines is 2. The molecule has 4 heteroatoms. The predicted octanol–water partition coefficient (Wildman–Crippen LogP) is 2.94. The van der Waals surface area contributed by atoms with Crippen molar-refractivity contribution < 1.29 is 5.11 Å². The minimum atomic E-state index is -1.09. The van der Waals surface area contributed by atoms with Crippen LogP contribution in [0.25, 0.3) is 0 Å². The van der Waals surface area contributed by atoms with Gasteiger partial charge >= 0.3 is 0 Å². The zero-order valence-electron chi connectivity index (χ0n) is 12.3. The van der Waals surface area contributed by atoms with E-state index in [0.29, 0.717) is 0 Å². The second-order valence-corrected chi connectivity index (χ2v) is 12.1. The number of para-hydroxylation sites is 2. The Morgan fingerprint density at radius 1 is 1.21 bits per heavy atom. The fourth-order valence-electron chi connectivity index (χ4n) is 2.37. The van der Waals surface area contributed by atoms with Crippen LogP contribution >= 0.6 is 0 Å². The Kier molecular flexibility index (Phi) is 4.53. The van der Waals surface area contributed by atoms with Crippen molar-refractivity contribution in [1.82, 2.24) is 0 Å². The molecular weight excluding hydrogens is 252 g/mol. The maximum Gasteiger partial charge on any atom is 0.0662 e. The summed E-state index contributed by atoms with van der Waals surface area (Å²) in [7, 11) is -1.09. The molecule has 0 bridgehead atoms. The van der Waals surface area contributed by atoms with Crippen molar-refractivity contribution in [2.45, 2.75) is 38.6 Å². The average molecular weight is 278 g/mol. The molecule has 1 fully saturated rings. The highest BCUT2D eigenvalue weighted by Crippen LogP contribution is 2.28. The van der Waals surface area contributed by atoms with Gasteiger partial charge in [-0.3, -0.25) is 0 Å². The van der Waals surface area contributed by atoms with E-state index < -0.39 is 8.07 Å². The standard InChI is InChI=1S/C15H26N2OSi/c1-19(2,3)12-16-14-6-4-5-7-15(14)17-10-8-13(18)9-11-17/h4-7,13,16,18H,8-12H2,1-3H3. The van der Waals surface area contributed by atoms with Gasteiger partial charge in [0.25, 0.3) is 0 Å². The van der Waals surface area contributed by atoms with E-state index in [9.17, 15) is 5.11 Å². The van der Waals surface area contributed by atoms with E-state index in [-0.39, 0.29) is 6.10 Å². The summed E-state index contributed by atoms with van der Waals surface area (Å²) in [6.45, 7) is 9.03. The molecule has 1 aromatic carbocycles. The van der Waals surface area contributed by atoms with Crippen LogP contribution in [-0.2, 0) is 0 Å². The summed E-state index contributed by atoms with van der Waals surface area (Å²) < 4.78 is 0. The third kappa shape index (κ3) is 4.25. The number of hydrogen-bond acceptors (Lipinski definition) is 3. The van der Waals surface area contributed by atoms with Crippen LogP contribution in [0.5, 0.6) is 0 Å². The first-order chi connectivity index (χ1) is 8.96. The normalized spacial score (nSPS) is 17.6. The van der Waals surface area contributed by atoms with Gasteiger partial charge in [-0.2, -0.15) is 0 Å². The quantitative estimate of drug-likeness (QED) is 0.831. The Morgan fingerprint density at radius 3 is 2.47 bits per heavy atom. The van der Waals surface area contributed by atoms with E-state index in [1.807, 2.05) is 0 Å². The smallest absolute Gasteiger partial charge is 0.0662 e.